The molecule has 5 N–H and O–H groups in total. The lowest BCUT2D eigenvalue weighted by Crippen LogP contribution is -2.47. The number of nitrogens with one attached hydrogen (secondary N) is 1. The highest BCUT2D eigenvalue weighted by Gasteiger charge is 2.44. The van der Waals surface area contributed by atoms with Gasteiger partial charge < -0.3 is 25.1 Å². The highest BCUT2D eigenvalue weighted by molar-refractivity contribution is 5.93. The molecule has 0 bridgehead atoms. The number of carbonyl (C=O) groups is 3. The van der Waals surface area contributed by atoms with Crippen LogP contribution in [0.25, 0.3) is 0 Å². The van der Waals surface area contributed by atoms with Gasteiger partial charge in [-0.15, -0.1) is 0 Å². The molecular formula is C24H37N3O7. The standard InChI is InChI=1S/C15H25NO6.C9H12N2O/c1-10(12(17)18)16-14(21)15(6-3-4-7-15)9-11(13(19)20)5-8-22-2;1-2-11-9(12-10)8-6-4-3-5-7-8/h10-11H,3-9H2,1-2H3,(H,16,21)(H,17,18)(H,19,20);3-7H,2,10H2,1H3/t10?,11-;/m1./s1. The van der Waals surface area contributed by atoms with Crippen molar-refractivity contribution in [3.05, 3.63) is 35.9 Å². The smallest absolute Gasteiger partial charge is 0.325 e. The maximum absolute atomic E-state index is 12.5. The van der Waals surface area contributed by atoms with E-state index in [9.17, 15) is 19.5 Å². The number of ether oxygens (including phenoxy) is 1. The van der Waals surface area contributed by atoms with Crippen molar-refractivity contribution >= 4 is 23.7 Å². The number of carboxylic acids is 2. The van der Waals surface area contributed by atoms with Gasteiger partial charge in [0.1, 0.15) is 6.04 Å². The molecular weight excluding hydrogens is 442 g/mol. The van der Waals surface area contributed by atoms with E-state index in [1.54, 1.807) is 0 Å². The minimum Gasteiger partial charge on any atom is -0.481 e. The molecule has 1 aromatic rings. The Balaban J connectivity index is 0.000000404. The zero-order valence-electron chi connectivity index (χ0n) is 20.2. The first-order chi connectivity index (χ1) is 16.2. The van der Waals surface area contributed by atoms with Crippen molar-refractivity contribution in [2.75, 3.05) is 20.3 Å². The molecule has 1 fully saturated rings. The SMILES string of the molecule is CCN=C(ON)c1ccccc1.COCC[C@H](CC1(C(=O)NC(C)C(=O)O)CCCC1)C(=O)O. The number of rotatable bonds is 11. The van der Waals surface area contributed by atoms with Crippen LogP contribution in [0, 0.1) is 11.3 Å². The van der Waals surface area contributed by atoms with Gasteiger partial charge in [-0.2, -0.15) is 5.90 Å². The second-order valence-corrected chi connectivity index (χ2v) is 8.30. The third-order valence-electron chi connectivity index (χ3n) is 5.85. The average molecular weight is 480 g/mol. The lowest BCUT2D eigenvalue weighted by molar-refractivity contribution is -0.147. The van der Waals surface area contributed by atoms with Crippen molar-refractivity contribution in [2.45, 2.75) is 58.4 Å². The summed E-state index contributed by atoms with van der Waals surface area (Å²) in [4.78, 5) is 43.5. The van der Waals surface area contributed by atoms with Crippen molar-refractivity contribution in [3.63, 3.8) is 0 Å². The quantitative estimate of drug-likeness (QED) is 0.214. The lowest BCUT2D eigenvalue weighted by Gasteiger charge is -2.31. The number of methoxy groups -OCH3 is 1. The molecule has 2 rings (SSSR count). The van der Waals surface area contributed by atoms with E-state index in [1.165, 1.54) is 14.0 Å². The van der Waals surface area contributed by atoms with Gasteiger partial charge in [0.05, 0.1) is 11.3 Å². The van der Waals surface area contributed by atoms with Gasteiger partial charge in [-0.3, -0.25) is 14.4 Å². The highest BCUT2D eigenvalue weighted by Crippen LogP contribution is 2.44. The first kappa shape index (κ1) is 29.1. The zero-order valence-corrected chi connectivity index (χ0v) is 20.2. The summed E-state index contributed by atoms with van der Waals surface area (Å²) in [6.45, 7) is 4.33. The molecule has 1 aliphatic carbocycles. The molecule has 1 aromatic carbocycles. The Morgan fingerprint density at radius 2 is 1.76 bits per heavy atom. The predicted molar refractivity (Wildman–Crippen MR) is 127 cm³/mol. The molecule has 0 saturated heterocycles. The number of hydrogen-bond acceptors (Lipinski definition) is 7. The number of amides is 1. The van der Waals surface area contributed by atoms with E-state index in [-0.39, 0.29) is 12.3 Å². The summed E-state index contributed by atoms with van der Waals surface area (Å²) >= 11 is 0. The summed E-state index contributed by atoms with van der Waals surface area (Å²) in [5.41, 5.74) is 0.127. The number of aliphatic imine (C=N–C) groups is 1. The third-order valence-corrected chi connectivity index (χ3v) is 5.85. The summed E-state index contributed by atoms with van der Waals surface area (Å²) in [5.74, 6) is 2.49. The Kier molecular flexibility index (Phi) is 12.8. The minimum absolute atomic E-state index is 0.226. The monoisotopic (exact) mass is 479 g/mol. The van der Waals surface area contributed by atoms with Crippen LogP contribution in [0.1, 0.15) is 57.9 Å². The molecule has 0 radical (unpaired) electrons. The Labute approximate surface area is 200 Å². The molecule has 1 unspecified atom stereocenters. The summed E-state index contributed by atoms with van der Waals surface area (Å²) in [6.07, 6.45) is 3.47. The second-order valence-electron chi connectivity index (χ2n) is 8.30. The van der Waals surface area contributed by atoms with Crippen molar-refractivity contribution in [2.24, 2.45) is 22.2 Å². The molecule has 0 aromatic heterocycles. The molecule has 190 valence electrons. The van der Waals surface area contributed by atoms with Crippen molar-refractivity contribution in [1.82, 2.24) is 5.32 Å². The van der Waals surface area contributed by atoms with Crippen LogP contribution in [0.5, 0.6) is 0 Å². The molecule has 0 aliphatic heterocycles. The Morgan fingerprint density at radius 1 is 1.15 bits per heavy atom. The maximum atomic E-state index is 12.5. The molecule has 10 nitrogen and oxygen atoms in total. The van der Waals surface area contributed by atoms with Gasteiger partial charge in [0.2, 0.25) is 11.8 Å². The van der Waals surface area contributed by atoms with Gasteiger partial charge in [0.15, 0.2) is 0 Å². The number of aliphatic carboxylic acids is 2. The predicted octanol–water partition coefficient (Wildman–Crippen LogP) is 2.61. The number of nitrogens with two attached hydrogens (primary N) is 1. The average Bonchev–Trinajstić information content (AvgIpc) is 3.31. The fourth-order valence-electron chi connectivity index (χ4n) is 3.95. The lowest BCUT2D eigenvalue weighted by atomic mass is 9.76. The molecule has 1 amide bonds. The summed E-state index contributed by atoms with van der Waals surface area (Å²) in [5, 5.41) is 20.8. The summed E-state index contributed by atoms with van der Waals surface area (Å²) in [6, 6.07) is 8.60. The van der Waals surface area contributed by atoms with Crippen molar-refractivity contribution in [3.8, 4) is 0 Å². The van der Waals surface area contributed by atoms with Crippen molar-refractivity contribution < 1.29 is 34.2 Å². The normalized spacial score (nSPS) is 16.5. The Hall–Kier alpha value is -2.98. The highest BCUT2D eigenvalue weighted by atomic mass is 16.6. The van der Waals surface area contributed by atoms with Crippen LogP contribution in [0.15, 0.2) is 35.3 Å². The third kappa shape index (κ3) is 9.11. The van der Waals surface area contributed by atoms with Crippen LogP contribution in [0.4, 0.5) is 0 Å². The fraction of sp³-hybridized carbons (Fsp3) is 0.583. The molecule has 1 saturated carbocycles. The number of nitrogens with zero attached hydrogens (tertiary/aromatic N) is 1. The van der Waals surface area contributed by atoms with Crippen LogP contribution < -0.4 is 11.2 Å². The van der Waals surface area contributed by atoms with Gasteiger partial charge >= 0.3 is 11.9 Å². The van der Waals surface area contributed by atoms with Crippen LogP contribution in [-0.2, 0) is 24.0 Å². The zero-order chi connectivity index (χ0) is 25.6. The molecule has 1 aliphatic rings. The molecule has 10 heteroatoms. The fourth-order valence-corrected chi connectivity index (χ4v) is 3.95. The topological polar surface area (TPSA) is 161 Å². The first-order valence-corrected chi connectivity index (χ1v) is 11.4. The first-order valence-electron chi connectivity index (χ1n) is 11.4. The van der Waals surface area contributed by atoms with E-state index in [0.717, 1.165) is 18.4 Å². The summed E-state index contributed by atoms with van der Waals surface area (Å²) < 4.78 is 4.93. The van der Waals surface area contributed by atoms with Gasteiger partial charge in [-0.1, -0.05) is 31.0 Å². The molecule has 2 atom stereocenters. The number of benzene rings is 1. The molecule has 34 heavy (non-hydrogen) atoms. The van der Waals surface area contributed by atoms with E-state index in [2.05, 4.69) is 15.1 Å². The van der Waals surface area contributed by atoms with E-state index in [0.29, 0.717) is 38.3 Å². The number of hydrogen-bond donors (Lipinski definition) is 4. The van der Waals surface area contributed by atoms with Crippen LogP contribution >= 0.6 is 0 Å². The second kappa shape index (κ2) is 15.0. The van der Waals surface area contributed by atoms with Gasteiger partial charge in [0.25, 0.3) is 0 Å². The van der Waals surface area contributed by atoms with Crippen LogP contribution in [0.2, 0.25) is 0 Å². The number of carboxylic acid groups (broad SMARTS) is 2. The van der Waals surface area contributed by atoms with Crippen molar-refractivity contribution in [1.29, 1.82) is 0 Å². The Morgan fingerprint density at radius 3 is 2.24 bits per heavy atom. The number of carbonyl (C=O) groups excluding carboxylic acids is 1. The van der Waals surface area contributed by atoms with Crippen LogP contribution in [0.3, 0.4) is 0 Å². The van der Waals surface area contributed by atoms with Gasteiger partial charge in [0, 0.05) is 25.8 Å². The van der Waals surface area contributed by atoms with E-state index >= 15 is 0 Å². The minimum atomic E-state index is -1.10. The van der Waals surface area contributed by atoms with Gasteiger partial charge in [-0.05, 0) is 51.7 Å². The van der Waals surface area contributed by atoms with Gasteiger partial charge in [-0.25, -0.2) is 4.99 Å². The van der Waals surface area contributed by atoms with E-state index < -0.39 is 29.3 Å². The van der Waals surface area contributed by atoms with E-state index in [1.807, 2.05) is 37.3 Å². The largest absolute Gasteiger partial charge is 0.481 e. The van der Waals surface area contributed by atoms with Crippen LogP contribution in [-0.4, -0.2) is 60.3 Å². The Bertz CT molecular complexity index is 808. The molecule has 0 spiro atoms. The molecule has 0 heterocycles. The summed E-state index contributed by atoms with van der Waals surface area (Å²) in [7, 11) is 1.51. The maximum Gasteiger partial charge on any atom is 0.325 e. The van der Waals surface area contributed by atoms with E-state index in [4.69, 9.17) is 15.7 Å².